The molecule has 0 saturated carbocycles. The molecule has 1 rings (SSSR count). The number of amides is 1. The Hall–Kier alpha value is -1.59. The first-order valence-corrected chi connectivity index (χ1v) is 6.67. The molecule has 0 heterocycles. The van der Waals surface area contributed by atoms with E-state index in [2.05, 4.69) is 0 Å². The van der Waals surface area contributed by atoms with Gasteiger partial charge in [0.15, 0.2) is 6.10 Å². The van der Waals surface area contributed by atoms with Crippen molar-refractivity contribution in [1.29, 1.82) is 0 Å². The fraction of sp³-hybridized carbons (Fsp3) is 0.533. The van der Waals surface area contributed by atoms with E-state index in [4.69, 9.17) is 14.2 Å². The number of para-hydroxylation sites is 1. The van der Waals surface area contributed by atoms with Gasteiger partial charge in [0, 0.05) is 27.3 Å². The van der Waals surface area contributed by atoms with Crippen molar-refractivity contribution in [2.45, 2.75) is 13.0 Å². The van der Waals surface area contributed by atoms with Crippen LogP contribution in [0, 0.1) is 0 Å². The molecule has 1 aromatic carbocycles. The summed E-state index contributed by atoms with van der Waals surface area (Å²) in [4.78, 5) is 14.0. The first-order chi connectivity index (χ1) is 9.69. The zero-order chi connectivity index (χ0) is 14.8. The maximum atomic E-state index is 12.3. The average Bonchev–Trinajstić information content (AvgIpc) is 2.48. The van der Waals surface area contributed by atoms with E-state index in [1.54, 1.807) is 26.0 Å². The third kappa shape index (κ3) is 5.59. The minimum atomic E-state index is -0.536. The SMILES string of the molecule is COCCN(CCOC)C(=O)C(C)Oc1ccccc1. The van der Waals surface area contributed by atoms with Crippen molar-refractivity contribution in [2.75, 3.05) is 40.5 Å². The molecule has 0 fully saturated rings. The van der Waals surface area contributed by atoms with Gasteiger partial charge in [-0.15, -0.1) is 0 Å². The van der Waals surface area contributed by atoms with Crippen LogP contribution in [-0.4, -0.2) is 57.4 Å². The molecule has 5 heteroatoms. The van der Waals surface area contributed by atoms with E-state index < -0.39 is 6.10 Å². The monoisotopic (exact) mass is 281 g/mol. The molecule has 0 aliphatic carbocycles. The molecule has 112 valence electrons. The molecular formula is C15H23NO4. The minimum absolute atomic E-state index is 0.0667. The largest absolute Gasteiger partial charge is 0.481 e. The number of benzene rings is 1. The van der Waals surface area contributed by atoms with E-state index in [1.807, 2.05) is 30.3 Å². The molecule has 0 N–H and O–H groups in total. The Morgan fingerprint density at radius 2 is 1.65 bits per heavy atom. The number of carbonyl (C=O) groups excluding carboxylic acids is 1. The highest BCUT2D eigenvalue weighted by Gasteiger charge is 2.21. The van der Waals surface area contributed by atoms with Crippen LogP contribution >= 0.6 is 0 Å². The van der Waals surface area contributed by atoms with Gasteiger partial charge in [0.2, 0.25) is 0 Å². The van der Waals surface area contributed by atoms with Crippen molar-refractivity contribution in [3.63, 3.8) is 0 Å². The summed E-state index contributed by atoms with van der Waals surface area (Å²) in [6.45, 7) is 3.80. The zero-order valence-corrected chi connectivity index (χ0v) is 12.4. The summed E-state index contributed by atoms with van der Waals surface area (Å²) in [6, 6.07) is 9.32. The van der Waals surface area contributed by atoms with Crippen LogP contribution in [0.2, 0.25) is 0 Å². The van der Waals surface area contributed by atoms with E-state index in [0.717, 1.165) is 0 Å². The van der Waals surface area contributed by atoms with Crippen LogP contribution in [0.4, 0.5) is 0 Å². The average molecular weight is 281 g/mol. The van der Waals surface area contributed by atoms with Gasteiger partial charge in [-0.2, -0.15) is 0 Å². The van der Waals surface area contributed by atoms with E-state index in [-0.39, 0.29) is 5.91 Å². The molecule has 20 heavy (non-hydrogen) atoms. The quantitative estimate of drug-likeness (QED) is 0.689. The Labute approximate surface area is 120 Å². The van der Waals surface area contributed by atoms with E-state index in [9.17, 15) is 4.79 Å². The lowest BCUT2D eigenvalue weighted by molar-refractivity contribution is -0.139. The molecule has 0 bridgehead atoms. The Morgan fingerprint density at radius 3 is 2.15 bits per heavy atom. The lowest BCUT2D eigenvalue weighted by Crippen LogP contribution is -2.43. The Balaban J connectivity index is 2.57. The molecule has 5 nitrogen and oxygen atoms in total. The minimum Gasteiger partial charge on any atom is -0.481 e. The smallest absolute Gasteiger partial charge is 0.263 e. The fourth-order valence-electron chi connectivity index (χ4n) is 1.75. The van der Waals surface area contributed by atoms with Crippen molar-refractivity contribution in [3.8, 4) is 5.75 Å². The highest BCUT2D eigenvalue weighted by Crippen LogP contribution is 2.12. The number of methoxy groups -OCH3 is 2. The van der Waals surface area contributed by atoms with Crippen molar-refractivity contribution in [1.82, 2.24) is 4.90 Å². The molecule has 1 amide bonds. The van der Waals surface area contributed by atoms with Gasteiger partial charge in [0.25, 0.3) is 5.91 Å². The van der Waals surface area contributed by atoms with Gasteiger partial charge in [0.05, 0.1) is 13.2 Å². The highest BCUT2D eigenvalue weighted by atomic mass is 16.5. The van der Waals surface area contributed by atoms with Crippen LogP contribution in [-0.2, 0) is 14.3 Å². The zero-order valence-electron chi connectivity index (χ0n) is 12.4. The number of ether oxygens (including phenoxy) is 3. The van der Waals surface area contributed by atoms with Gasteiger partial charge in [-0.1, -0.05) is 18.2 Å². The third-order valence-corrected chi connectivity index (χ3v) is 2.85. The topological polar surface area (TPSA) is 48.0 Å². The van der Waals surface area contributed by atoms with E-state index >= 15 is 0 Å². The second-order valence-corrected chi connectivity index (χ2v) is 4.38. The molecule has 0 radical (unpaired) electrons. The predicted molar refractivity (Wildman–Crippen MR) is 76.9 cm³/mol. The summed E-state index contributed by atoms with van der Waals surface area (Å²) >= 11 is 0. The maximum absolute atomic E-state index is 12.3. The first kappa shape index (κ1) is 16.5. The van der Waals surface area contributed by atoms with Gasteiger partial charge in [-0.05, 0) is 19.1 Å². The van der Waals surface area contributed by atoms with Gasteiger partial charge in [-0.3, -0.25) is 4.79 Å². The number of hydrogen-bond acceptors (Lipinski definition) is 4. The normalized spacial score (nSPS) is 11.9. The van der Waals surface area contributed by atoms with Crippen LogP contribution in [0.5, 0.6) is 5.75 Å². The Bertz CT molecular complexity index is 375. The maximum Gasteiger partial charge on any atom is 0.263 e. The molecule has 0 aliphatic heterocycles. The molecule has 0 saturated heterocycles. The van der Waals surface area contributed by atoms with Gasteiger partial charge in [0.1, 0.15) is 5.75 Å². The van der Waals surface area contributed by atoms with Crippen LogP contribution in [0.15, 0.2) is 30.3 Å². The van der Waals surface area contributed by atoms with Crippen molar-refractivity contribution >= 4 is 5.91 Å². The highest BCUT2D eigenvalue weighted by molar-refractivity contribution is 5.80. The van der Waals surface area contributed by atoms with Crippen LogP contribution in [0.25, 0.3) is 0 Å². The van der Waals surface area contributed by atoms with Gasteiger partial charge < -0.3 is 19.1 Å². The van der Waals surface area contributed by atoms with E-state index in [0.29, 0.717) is 32.1 Å². The summed E-state index contributed by atoms with van der Waals surface area (Å²) in [5, 5.41) is 0. The molecule has 1 unspecified atom stereocenters. The molecule has 1 aromatic rings. The van der Waals surface area contributed by atoms with Crippen LogP contribution < -0.4 is 4.74 Å². The second kappa shape index (κ2) is 9.34. The third-order valence-electron chi connectivity index (χ3n) is 2.85. The van der Waals surface area contributed by atoms with Gasteiger partial charge >= 0.3 is 0 Å². The number of nitrogens with zero attached hydrogens (tertiary/aromatic N) is 1. The Kier molecular flexibility index (Phi) is 7.69. The molecule has 1 atom stereocenters. The van der Waals surface area contributed by atoms with E-state index in [1.165, 1.54) is 0 Å². The molecule has 0 aliphatic rings. The lowest BCUT2D eigenvalue weighted by Gasteiger charge is -2.25. The second-order valence-electron chi connectivity index (χ2n) is 4.38. The number of rotatable bonds is 9. The van der Waals surface area contributed by atoms with Gasteiger partial charge in [-0.25, -0.2) is 0 Å². The summed E-state index contributed by atoms with van der Waals surface area (Å²) in [7, 11) is 3.23. The fourth-order valence-corrected chi connectivity index (χ4v) is 1.75. The summed E-state index contributed by atoms with van der Waals surface area (Å²) in [5.41, 5.74) is 0. The predicted octanol–water partition coefficient (Wildman–Crippen LogP) is 1.58. The standard InChI is InChI=1S/C15H23NO4/c1-13(20-14-7-5-4-6-8-14)15(17)16(9-11-18-2)10-12-19-3/h4-8,13H,9-12H2,1-3H3. The van der Waals surface area contributed by atoms with Crippen LogP contribution in [0.3, 0.4) is 0 Å². The molecular weight excluding hydrogens is 258 g/mol. The lowest BCUT2D eigenvalue weighted by atomic mass is 10.3. The first-order valence-electron chi connectivity index (χ1n) is 6.67. The summed E-state index contributed by atoms with van der Waals surface area (Å²) in [6.07, 6.45) is -0.536. The molecule has 0 spiro atoms. The molecule has 0 aromatic heterocycles. The van der Waals surface area contributed by atoms with Crippen LogP contribution in [0.1, 0.15) is 6.92 Å². The van der Waals surface area contributed by atoms with Crippen molar-refractivity contribution in [3.05, 3.63) is 30.3 Å². The summed E-state index contributed by atoms with van der Waals surface area (Å²) in [5.74, 6) is 0.620. The van der Waals surface area contributed by atoms with Crippen molar-refractivity contribution < 1.29 is 19.0 Å². The number of hydrogen-bond donors (Lipinski definition) is 0. The Morgan fingerprint density at radius 1 is 1.10 bits per heavy atom. The van der Waals surface area contributed by atoms with Crippen molar-refractivity contribution in [2.24, 2.45) is 0 Å². The summed E-state index contributed by atoms with van der Waals surface area (Å²) < 4.78 is 15.7. The number of carbonyl (C=O) groups is 1.